The molecule has 0 fully saturated rings. The number of hydrazone groups is 1. The highest BCUT2D eigenvalue weighted by molar-refractivity contribution is 7.89. The molecule has 0 radical (unpaired) electrons. The van der Waals surface area contributed by atoms with Gasteiger partial charge in [-0.2, -0.15) is 28.3 Å². The van der Waals surface area contributed by atoms with Crippen molar-refractivity contribution in [1.29, 1.82) is 5.26 Å². The zero-order valence-electron chi connectivity index (χ0n) is 19.4. The number of anilines is 1. The Hall–Kier alpha value is -3.80. The number of hydrogen-bond donors (Lipinski definition) is 0. The molecular weight excluding hydrogens is 498 g/mol. The summed E-state index contributed by atoms with van der Waals surface area (Å²) in [7, 11) is 2.33. The second kappa shape index (κ2) is 11.1. The van der Waals surface area contributed by atoms with Gasteiger partial charge in [-0.05, 0) is 26.2 Å². The minimum atomic E-state index is -4.29. The Balaban J connectivity index is 0.00000432. The second-order valence-corrected chi connectivity index (χ2v) is 9.56. The van der Waals surface area contributed by atoms with Crippen LogP contribution in [0.3, 0.4) is 0 Å². The quantitative estimate of drug-likeness (QED) is 0.232. The average molecular weight is 522 g/mol. The molecule has 0 spiro atoms. The Morgan fingerprint density at radius 3 is 2.57 bits per heavy atom. The number of rotatable bonds is 9. The maximum atomic E-state index is 13.3. The number of halogens is 1. The summed E-state index contributed by atoms with van der Waals surface area (Å²) in [5, 5.41) is 28.6. The van der Waals surface area contributed by atoms with Gasteiger partial charge in [-0.1, -0.05) is 0 Å². The van der Waals surface area contributed by atoms with Gasteiger partial charge in [-0.3, -0.25) is 10.1 Å². The van der Waals surface area contributed by atoms with Crippen LogP contribution >= 0.6 is 12.4 Å². The number of nitriles is 1. The van der Waals surface area contributed by atoms with E-state index in [4.69, 9.17) is 5.26 Å². The Kier molecular flexibility index (Phi) is 8.69. The van der Waals surface area contributed by atoms with Crippen molar-refractivity contribution >= 4 is 45.7 Å². The maximum absolute atomic E-state index is 13.3. The van der Waals surface area contributed by atoms with E-state index in [-0.39, 0.29) is 23.1 Å². The first kappa shape index (κ1) is 27.4. The lowest BCUT2D eigenvalue weighted by molar-refractivity contribution is -0.385. The summed E-state index contributed by atoms with van der Waals surface area (Å²) in [6.45, 7) is 1.05. The predicted molar refractivity (Wildman–Crippen MR) is 132 cm³/mol. The highest BCUT2D eigenvalue weighted by atomic mass is 35.5. The molecule has 35 heavy (non-hydrogen) atoms. The first-order valence-corrected chi connectivity index (χ1v) is 11.4. The SMILES string of the molecule is CN(C)CCN(C)c1ncc([N+](=O)[O-])cc1S(=O)(=O)N(C)N=Cc1cnn2ccc(C#N)cc12.Cl. The van der Waals surface area contributed by atoms with Gasteiger partial charge < -0.3 is 9.80 Å². The fourth-order valence-corrected chi connectivity index (χ4v) is 4.14. The number of fused-ring (bicyclic) bond motifs is 1. The molecule has 0 saturated heterocycles. The molecule has 0 bridgehead atoms. The van der Waals surface area contributed by atoms with Crippen LogP contribution in [0.15, 0.2) is 46.8 Å². The monoisotopic (exact) mass is 521 g/mol. The Morgan fingerprint density at radius 2 is 1.94 bits per heavy atom. The summed E-state index contributed by atoms with van der Waals surface area (Å²) < 4.78 is 28.9. The molecule has 3 heterocycles. The molecule has 0 saturated carbocycles. The number of aromatic nitrogens is 3. The van der Waals surface area contributed by atoms with Crippen LogP contribution in [0.2, 0.25) is 0 Å². The third kappa shape index (κ3) is 6.01. The number of nitro groups is 1. The standard InChI is InChI=1S/C20H23N9O4S.ClH/c1-25(2)7-8-26(3)20-19(10-17(14-22-20)29(30)31)34(32,33)27(4)23-12-16-13-24-28-6-5-15(11-21)9-18(16)28;/h5-6,9-10,12-14H,7-8H2,1-4H3;1H. The predicted octanol–water partition coefficient (Wildman–Crippen LogP) is 1.58. The third-order valence-electron chi connectivity index (χ3n) is 4.94. The minimum Gasteiger partial charge on any atom is -0.357 e. The lowest BCUT2D eigenvalue weighted by atomic mass is 10.2. The molecule has 0 unspecified atom stereocenters. The fraction of sp³-hybridized carbons (Fsp3) is 0.300. The number of likely N-dealkylation sites (N-methyl/N-ethyl adjacent to an activating group) is 2. The van der Waals surface area contributed by atoms with Crippen LogP contribution in [0.25, 0.3) is 5.52 Å². The lowest BCUT2D eigenvalue weighted by Gasteiger charge is -2.23. The fourth-order valence-electron chi connectivity index (χ4n) is 2.98. The summed E-state index contributed by atoms with van der Waals surface area (Å²) in [6.07, 6.45) is 5.41. The van der Waals surface area contributed by atoms with Crippen molar-refractivity contribution in [2.45, 2.75) is 4.90 Å². The van der Waals surface area contributed by atoms with Crippen molar-refractivity contribution in [3.05, 3.63) is 58.0 Å². The third-order valence-corrected chi connectivity index (χ3v) is 6.59. The summed E-state index contributed by atoms with van der Waals surface area (Å²) in [6, 6.07) is 6.21. The normalized spacial score (nSPS) is 11.4. The summed E-state index contributed by atoms with van der Waals surface area (Å²) in [4.78, 5) is 17.8. The zero-order valence-corrected chi connectivity index (χ0v) is 21.1. The molecule has 15 heteroatoms. The molecule has 0 aliphatic carbocycles. The van der Waals surface area contributed by atoms with Crippen molar-refractivity contribution in [2.24, 2.45) is 5.10 Å². The van der Waals surface area contributed by atoms with Gasteiger partial charge in [0.2, 0.25) is 0 Å². The number of sulfonamides is 1. The van der Waals surface area contributed by atoms with E-state index in [1.54, 1.807) is 30.3 Å². The Morgan fingerprint density at radius 1 is 1.23 bits per heavy atom. The summed E-state index contributed by atoms with van der Waals surface area (Å²) in [5.41, 5.74) is 1.01. The largest absolute Gasteiger partial charge is 0.357 e. The lowest BCUT2D eigenvalue weighted by Crippen LogP contribution is -2.31. The molecule has 3 rings (SSSR count). The molecule has 0 aliphatic rings. The number of nitrogens with zero attached hydrogens (tertiary/aromatic N) is 9. The molecule has 0 amide bonds. The average Bonchev–Trinajstić information content (AvgIpc) is 3.22. The van der Waals surface area contributed by atoms with E-state index in [2.05, 4.69) is 15.2 Å². The first-order valence-electron chi connectivity index (χ1n) is 9.95. The van der Waals surface area contributed by atoms with Crippen molar-refractivity contribution in [2.75, 3.05) is 46.2 Å². The minimum absolute atomic E-state index is 0. The first-order chi connectivity index (χ1) is 16.0. The van der Waals surface area contributed by atoms with Gasteiger partial charge in [0, 0.05) is 45.0 Å². The van der Waals surface area contributed by atoms with Crippen LogP contribution in [-0.2, 0) is 10.0 Å². The van der Waals surface area contributed by atoms with E-state index < -0.39 is 20.6 Å². The second-order valence-electron chi connectivity index (χ2n) is 7.64. The molecule has 3 aromatic rings. The molecule has 186 valence electrons. The van der Waals surface area contributed by atoms with Crippen molar-refractivity contribution in [3.63, 3.8) is 0 Å². The summed E-state index contributed by atoms with van der Waals surface area (Å²) >= 11 is 0. The highest BCUT2D eigenvalue weighted by Gasteiger charge is 2.29. The molecule has 0 atom stereocenters. The molecule has 0 N–H and O–H groups in total. The van der Waals surface area contributed by atoms with Gasteiger partial charge >= 0.3 is 0 Å². The van der Waals surface area contributed by atoms with Gasteiger partial charge in [-0.15, -0.1) is 12.4 Å². The van der Waals surface area contributed by atoms with Crippen LogP contribution in [0, 0.1) is 21.4 Å². The summed E-state index contributed by atoms with van der Waals surface area (Å²) in [5.74, 6) is 0.0733. The molecule has 0 aromatic carbocycles. The van der Waals surface area contributed by atoms with E-state index in [0.29, 0.717) is 34.1 Å². The van der Waals surface area contributed by atoms with E-state index in [1.165, 1.54) is 24.0 Å². The Labute approximate surface area is 208 Å². The van der Waals surface area contributed by atoms with Gasteiger partial charge in [0.1, 0.15) is 16.9 Å². The number of pyridine rings is 2. The zero-order chi connectivity index (χ0) is 25.0. The van der Waals surface area contributed by atoms with E-state index >= 15 is 0 Å². The topological polar surface area (TPSA) is 153 Å². The smallest absolute Gasteiger partial charge is 0.289 e. The van der Waals surface area contributed by atoms with Crippen LogP contribution in [-0.4, -0.2) is 84.7 Å². The van der Waals surface area contributed by atoms with Gasteiger partial charge in [0.05, 0.1) is 34.5 Å². The van der Waals surface area contributed by atoms with Crippen molar-refractivity contribution in [3.8, 4) is 6.07 Å². The molecule has 3 aromatic heterocycles. The molecular formula is C20H24ClN9O4S. The van der Waals surface area contributed by atoms with E-state index in [9.17, 15) is 18.5 Å². The maximum Gasteiger partial charge on any atom is 0.289 e. The highest BCUT2D eigenvalue weighted by Crippen LogP contribution is 2.28. The van der Waals surface area contributed by atoms with Gasteiger partial charge in [0.25, 0.3) is 15.7 Å². The van der Waals surface area contributed by atoms with Gasteiger partial charge in [-0.25, -0.2) is 9.50 Å². The Bertz CT molecular complexity index is 1400. The van der Waals surface area contributed by atoms with Gasteiger partial charge in [0.15, 0.2) is 0 Å². The van der Waals surface area contributed by atoms with Crippen LogP contribution < -0.4 is 4.90 Å². The van der Waals surface area contributed by atoms with Crippen LogP contribution in [0.1, 0.15) is 11.1 Å². The number of hydrogen-bond acceptors (Lipinski definition) is 10. The van der Waals surface area contributed by atoms with E-state index in [0.717, 1.165) is 12.3 Å². The van der Waals surface area contributed by atoms with E-state index in [1.807, 2.05) is 25.1 Å². The van der Waals surface area contributed by atoms with Crippen LogP contribution in [0.5, 0.6) is 0 Å². The molecule has 0 aliphatic heterocycles. The molecule has 13 nitrogen and oxygen atoms in total. The van der Waals surface area contributed by atoms with Crippen molar-refractivity contribution < 1.29 is 13.3 Å². The van der Waals surface area contributed by atoms with Crippen LogP contribution in [0.4, 0.5) is 11.5 Å². The van der Waals surface area contributed by atoms with Crippen molar-refractivity contribution in [1.82, 2.24) is 23.9 Å².